The summed E-state index contributed by atoms with van der Waals surface area (Å²) in [7, 11) is 0. The Bertz CT molecular complexity index is 3220. The zero-order chi connectivity index (χ0) is 41.9. The van der Waals surface area contributed by atoms with E-state index in [1.165, 1.54) is 0 Å². The lowest BCUT2D eigenvalue weighted by molar-refractivity contribution is 0.669. The Balaban J connectivity index is 1.33. The molecule has 0 fully saturated rings. The maximum absolute atomic E-state index is 9.51. The van der Waals surface area contributed by atoms with E-state index in [1.54, 1.807) is 30.3 Å². The van der Waals surface area contributed by atoms with Crippen LogP contribution in [0.2, 0.25) is 0 Å². The monoisotopic (exact) mass is 586 g/mol. The molecular weight excluding hydrogens is 544 g/mol. The van der Waals surface area contributed by atoms with Crippen LogP contribution in [0.1, 0.15) is 19.2 Å². The van der Waals surface area contributed by atoms with Crippen molar-refractivity contribution in [1.82, 2.24) is 0 Å². The van der Waals surface area contributed by atoms with E-state index in [4.69, 9.17) is 22.2 Å². The van der Waals surface area contributed by atoms with E-state index in [0.29, 0.717) is 54.6 Å². The number of benzene rings is 8. The molecule has 0 atom stereocenters. The molecule has 9 rings (SSSR count). The van der Waals surface area contributed by atoms with Crippen molar-refractivity contribution in [3.8, 4) is 44.5 Å². The molecular formula is C44H28O. The van der Waals surface area contributed by atoms with Crippen LogP contribution in [0.4, 0.5) is 0 Å². The Morgan fingerprint density at radius 1 is 0.400 bits per heavy atom. The maximum Gasteiger partial charge on any atom is 0.136 e. The first-order valence-electron chi connectivity index (χ1n) is 21.3. The molecule has 1 heteroatoms. The molecule has 0 bridgehead atoms. The Labute approximate surface area is 281 Å². The van der Waals surface area contributed by atoms with Gasteiger partial charge in [0.2, 0.25) is 0 Å². The molecule has 0 saturated carbocycles. The summed E-state index contributed by atoms with van der Waals surface area (Å²) in [5.74, 6) is 0. The number of hydrogen-bond donors (Lipinski definition) is 0. The lowest BCUT2D eigenvalue weighted by Gasteiger charge is -2.18. The second kappa shape index (κ2) is 10.4. The Morgan fingerprint density at radius 3 is 1.64 bits per heavy atom. The first-order valence-corrected chi connectivity index (χ1v) is 14.3. The molecule has 0 aliphatic carbocycles. The third-order valence-electron chi connectivity index (χ3n) is 8.11. The van der Waals surface area contributed by atoms with Gasteiger partial charge in [-0.1, -0.05) is 145 Å². The van der Waals surface area contributed by atoms with Gasteiger partial charge in [-0.05, 0) is 90.3 Å². The zero-order valence-corrected chi connectivity index (χ0v) is 23.5. The summed E-state index contributed by atoms with van der Waals surface area (Å²) in [5, 5.41) is 3.86. The van der Waals surface area contributed by atoms with Gasteiger partial charge in [0.05, 0.1) is 19.2 Å². The van der Waals surface area contributed by atoms with E-state index in [0.717, 1.165) is 11.1 Å². The van der Waals surface area contributed by atoms with Crippen molar-refractivity contribution in [1.29, 1.82) is 0 Å². The van der Waals surface area contributed by atoms with E-state index >= 15 is 0 Å². The van der Waals surface area contributed by atoms with E-state index in [2.05, 4.69) is 0 Å². The molecule has 1 nitrogen and oxygen atoms in total. The van der Waals surface area contributed by atoms with Crippen LogP contribution >= 0.6 is 0 Å². The van der Waals surface area contributed by atoms with Gasteiger partial charge >= 0.3 is 0 Å². The maximum atomic E-state index is 9.51. The number of hydrogen-bond acceptors (Lipinski definition) is 1. The quantitative estimate of drug-likeness (QED) is 0.187. The summed E-state index contributed by atoms with van der Waals surface area (Å²) in [6.45, 7) is 0. The highest BCUT2D eigenvalue weighted by Gasteiger charge is 2.19. The normalized spacial score (nSPS) is 15.9. The summed E-state index contributed by atoms with van der Waals surface area (Å²) in [6, 6.07) is 18.4. The van der Waals surface area contributed by atoms with Gasteiger partial charge in [0.15, 0.2) is 0 Å². The van der Waals surface area contributed by atoms with Crippen molar-refractivity contribution < 1.29 is 23.6 Å². The van der Waals surface area contributed by atoms with Crippen LogP contribution in [0, 0.1) is 0 Å². The van der Waals surface area contributed by atoms with Gasteiger partial charge in [-0.15, -0.1) is 0 Å². The molecule has 1 heterocycles. The van der Waals surface area contributed by atoms with Gasteiger partial charge in [-0.25, -0.2) is 0 Å². The van der Waals surface area contributed by atoms with Crippen LogP contribution < -0.4 is 0 Å². The van der Waals surface area contributed by atoms with E-state index in [1.807, 2.05) is 54.6 Å². The minimum atomic E-state index is -0.644. The standard InChI is InChI=1S/C44H28O/c1-3-13-29(14-4-1)31-17-11-18-32(27-31)42-35-19-7-9-21-37(35)43(38-22-10-8-20-36(38)42)33-25-26-39-41(28-33)45-40-24-12-23-34(44(39)40)30-15-5-2-6-16-30/h1-28H/i1D,2D,3D,4D,5D,6D,11D,13D,14D,15D,16D,17D,18D,27D. The largest absolute Gasteiger partial charge is 0.456 e. The highest BCUT2D eigenvalue weighted by Crippen LogP contribution is 2.45. The van der Waals surface area contributed by atoms with Crippen molar-refractivity contribution in [2.75, 3.05) is 0 Å². The van der Waals surface area contributed by atoms with Crippen LogP contribution in [-0.4, -0.2) is 0 Å². The predicted octanol–water partition coefficient (Wildman–Crippen LogP) is 12.6. The predicted molar refractivity (Wildman–Crippen MR) is 190 cm³/mol. The summed E-state index contributed by atoms with van der Waals surface area (Å²) in [6.07, 6.45) is 0. The molecule has 0 aliphatic heterocycles. The molecule has 210 valence electrons. The highest BCUT2D eigenvalue weighted by molar-refractivity contribution is 6.22. The molecule has 0 amide bonds. The van der Waals surface area contributed by atoms with Crippen molar-refractivity contribution in [2.24, 2.45) is 0 Å². The van der Waals surface area contributed by atoms with Crippen molar-refractivity contribution in [3.05, 3.63) is 170 Å². The second-order valence-corrected chi connectivity index (χ2v) is 10.6. The Kier molecular flexibility index (Phi) is 3.50. The lowest BCUT2D eigenvalue weighted by atomic mass is 9.85. The molecule has 0 radical (unpaired) electrons. The van der Waals surface area contributed by atoms with Gasteiger partial charge in [0.1, 0.15) is 11.2 Å². The number of furan rings is 1. The third kappa shape index (κ3) is 4.17. The van der Waals surface area contributed by atoms with Gasteiger partial charge in [-0.2, -0.15) is 0 Å². The fourth-order valence-electron chi connectivity index (χ4n) is 6.25. The molecule has 45 heavy (non-hydrogen) atoms. The minimum Gasteiger partial charge on any atom is -0.456 e. The first kappa shape index (κ1) is 15.2. The summed E-state index contributed by atoms with van der Waals surface area (Å²) >= 11 is 0. The number of rotatable bonds is 4. The molecule has 8 aromatic carbocycles. The lowest BCUT2D eigenvalue weighted by Crippen LogP contribution is -1.91. The van der Waals surface area contributed by atoms with Crippen LogP contribution in [0.15, 0.2) is 174 Å². The average Bonchev–Trinajstić information content (AvgIpc) is 3.62. The minimum absolute atomic E-state index is 0.0281. The van der Waals surface area contributed by atoms with Crippen molar-refractivity contribution in [3.63, 3.8) is 0 Å². The van der Waals surface area contributed by atoms with Gasteiger partial charge in [-0.3, -0.25) is 0 Å². The molecule has 9 aromatic rings. The van der Waals surface area contributed by atoms with E-state index in [9.17, 15) is 1.37 Å². The molecule has 0 aliphatic rings. The molecule has 0 unspecified atom stereocenters. The van der Waals surface area contributed by atoms with E-state index in [-0.39, 0.29) is 34.3 Å². The average molecular weight is 587 g/mol. The molecule has 1 aromatic heterocycles. The van der Waals surface area contributed by atoms with Gasteiger partial charge in [0.25, 0.3) is 0 Å². The van der Waals surface area contributed by atoms with Crippen LogP contribution in [-0.2, 0) is 0 Å². The van der Waals surface area contributed by atoms with Gasteiger partial charge < -0.3 is 4.42 Å². The van der Waals surface area contributed by atoms with Crippen LogP contribution in [0.5, 0.6) is 0 Å². The molecule has 0 saturated heterocycles. The molecule has 0 spiro atoms. The summed E-state index contributed by atoms with van der Waals surface area (Å²) in [4.78, 5) is 0. The summed E-state index contributed by atoms with van der Waals surface area (Å²) < 4.78 is 127. The van der Waals surface area contributed by atoms with Crippen LogP contribution in [0.3, 0.4) is 0 Å². The fourth-order valence-corrected chi connectivity index (χ4v) is 6.25. The SMILES string of the molecule is [2H]c1c([2H])c([2H])c(-c2c([2H])c([2H])c([2H])c(-c3c4ccccc4c(-c4ccc5c(c4)oc4cccc(-c6c([2H])c([2H])c([2H])c([2H])c6[2H])c45)c4ccccc34)c2[2H])c([2H])c1[2H]. The topological polar surface area (TPSA) is 13.1 Å². The van der Waals surface area contributed by atoms with Gasteiger partial charge in [0, 0.05) is 10.8 Å². The number of fused-ring (bicyclic) bond motifs is 5. The molecule has 0 N–H and O–H groups in total. The van der Waals surface area contributed by atoms with Crippen molar-refractivity contribution >= 4 is 43.5 Å². The van der Waals surface area contributed by atoms with Crippen LogP contribution in [0.25, 0.3) is 88.0 Å². The van der Waals surface area contributed by atoms with Crippen molar-refractivity contribution in [2.45, 2.75) is 0 Å². The smallest absolute Gasteiger partial charge is 0.136 e. The first-order chi connectivity index (χ1) is 28.1. The zero-order valence-electron chi connectivity index (χ0n) is 37.5. The highest BCUT2D eigenvalue weighted by atomic mass is 16.3. The summed E-state index contributed by atoms with van der Waals surface area (Å²) in [5.41, 5.74) is 2.59. The third-order valence-corrected chi connectivity index (χ3v) is 8.11. The fraction of sp³-hybridized carbons (Fsp3) is 0. The Hall–Kier alpha value is -5.92. The van der Waals surface area contributed by atoms with E-state index < -0.39 is 72.5 Å². The Morgan fingerprint density at radius 2 is 0.978 bits per heavy atom. The second-order valence-electron chi connectivity index (χ2n) is 10.6.